The number of carbonyl (C=O) groups is 1. The van der Waals surface area contributed by atoms with Gasteiger partial charge in [0.25, 0.3) is 0 Å². The molecule has 0 aromatic carbocycles. The molecule has 0 aliphatic heterocycles. The van der Waals surface area contributed by atoms with E-state index < -0.39 is 6.04 Å². The van der Waals surface area contributed by atoms with E-state index in [1.807, 2.05) is 38.2 Å². The van der Waals surface area contributed by atoms with Gasteiger partial charge in [0.05, 0.1) is 22.8 Å². The summed E-state index contributed by atoms with van der Waals surface area (Å²) in [7, 11) is 0. The van der Waals surface area contributed by atoms with Crippen LogP contribution in [0.3, 0.4) is 0 Å². The first-order valence-electron chi connectivity index (χ1n) is 5.79. The molecule has 2 aromatic rings. The van der Waals surface area contributed by atoms with Crippen LogP contribution in [-0.2, 0) is 0 Å². The summed E-state index contributed by atoms with van der Waals surface area (Å²) >= 11 is 0. The summed E-state index contributed by atoms with van der Waals surface area (Å²) in [5.74, 6) is 0.155. The Morgan fingerprint density at radius 2 is 2.06 bits per heavy atom. The number of carbonyl (C=O) groups excluding carboxylic acids is 1. The molecule has 0 saturated heterocycles. The van der Waals surface area contributed by atoms with Gasteiger partial charge in [0.2, 0.25) is 0 Å². The van der Waals surface area contributed by atoms with Crippen molar-refractivity contribution in [1.82, 2.24) is 9.61 Å². The number of hydrogen-bond donors (Lipinski definition) is 1. The zero-order chi connectivity index (χ0) is 12.6. The number of nitrogens with zero attached hydrogens (tertiary/aromatic N) is 2. The zero-order valence-electron chi connectivity index (χ0n) is 10.3. The number of nitrogens with two attached hydrogens (primary N) is 1. The van der Waals surface area contributed by atoms with Crippen molar-refractivity contribution >= 4 is 11.3 Å². The molecule has 2 heterocycles. The van der Waals surface area contributed by atoms with Crippen molar-refractivity contribution in [1.29, 1.82) is 0 Å². The van der Waals surface area contributed by atoms with E-state index in [9.17, 15) is 4.79 Å². The van der Waals surface area contributed by atoms with Crippen molar-refractivity contribution in [2.24, 2.45) is 5.73 Å². The number of aromatic nitrogens is 2. The van der Waals surface area contributed by atoms with Crippen LogP contribution in [0.1, 0.15) is 42.7 Å². The predicted octanol–water partition coefficient (Wildman–Crippen LogP) is 1.99. The topological polar surface area (TPSA) is 60.4 Å². The summed E-state index contributed by atoms with van der Waals surface area (Å²) in [6.07, 6.45) is 1.85. The molecule has 4 heteroatoms. The molecule has 2 N–H and O–H groups in total. The molecule has 2 rings (SSSR count). The van der Waals surface area contributed by atoms with Crippen LogP contribution in [0.4, 0.5) is 0 Å². The first kappa shape index (κ1) is 11.8. The Morgan fingerprint density at radius 3 is 2.65 bits per heavy atom. The Morgan fingerprint density at radius 1 is 1.35 bits per heavy atom. The van der Waals surface area contributed by atoms with Gasteiger partial charge in [0.1, 0.15) is 0 Å². The molecular weight excluding hydrogens is 214 g/mol. The molecule has 4 nitrogen and oxygen atoms in total. The fourth-order valence-electron chi connectivity index (χ4n) is 1.90. The summed E-state index contributed by atoms with van der Waals surface area (Å²) in [5, 5.41) is 4.46. The minimum absolute atomic E-state index is 0.0464. The van der Waals surface area contributed by atoms with Gasteiger partial charge in [-0.15, -0.1) is 0 Å². The average molecular weight is 231 g/mol. The third-order valence-corrected chi connectivity index (χ3v) is 2.77. The predicted molar refractivity (Wildman–Crippen MR) is 67.3 cm³/mol. The maximum absolute atomic E-state index is 12.2. The summed E-state index contributed by atoms with van der Waals surface area (Å²) in [4.78, 5) is 12.2. The Hall–Kier alpha value is -1.68. The third-order valence-electron chi connectivity index (χ3n) is 2.77. The van der Waals surface area contributed by atoms with Crippen molar-refractivity contribution in [3.63, 3.8) is 0 Å². The molecule has 0 unspecified atom stereocenters. The van der Waals surface area contributed by atoms with E-state index in [0.717, 1.165) is 11.2 Å². The molecule has 0 radical (unpaired) electrons. The number of hydrogen-bond acceptors (Lipinski definition) is 3. The Kier molecular flexibility index (Phi) is 2.98. The van der Waals surface area contributed by atoms with Crippen LogP contribution in [-0.4, -0.2) is 21.4 Å². The van der Waals surface area contributed by atoms with Gasteiger partial charge in [-0.25, -0.2) is 4.52 Å². The van der Waals surface area contributed by atoms with E-state index in [1.165, 1.54) is 0 Å². The molecular formula is C13H17N3O. The van der Waals surface area contributed by atoms with Crippen molar-refractivity contribution in [2.45, 2.75) is 32.7 Å². The second-order valence-corrected chi connectivity index (χ2v) is 4.60. The van der Waals surface area contributed by atoms with Crippen molar-refractivity contribution < 1.29 is 4.79 Å². The highest BCUT2D eigenvalue weighted by molar-refractivity contribution is 6.06. The third kappa shape index (κ3) is 1.96. The monoisotopic (exact) mass is 231 g/mol. The zero-order valence-corrected chi connectivity index (χ0v) is 10.3. The maximum Gasteiger partial charge on any atom is 0.183 e. The minimum atomic E-state index is -0.499. The van der Waals surface area contributed by atoms with E-state index in [2.05, 4.69) is 5.10 Å². The highest BCUT2D eigenvalue weighted by Gasteiger charge is 2.23. The van der Waals surface area contributed by atoms with Gasteiger partial charge in [-0.05, 0) is 25.0 Å². The van der Waals surface area contributed by atoms with E-state index >= 15 is 0 Å². The Balaban J connectivity index is 2.72. The first-order chi connectivity index (χ1) is 8.02. The summed E-state index contributed by atoms with van der Waals surface area (Å²) in [6.45, 7) is 5.76. The van der Waals surface area contributed by atoms with Crippen LogP contribution in [0.15, 0.2) is 24.4 Å². The normalized spacial score (nSPS) is 13.2. The molecule has 0 saturated carbocycles. The molecule has 0 spiro atoms. The lowest BCUT2D eigenvalue weighted by molar-refractivity contribution is 0.0968. The standard InChI is InChI=1S/C13H17N3O/c1-8(2)12-11(13(17)9(3)14)10-6-4-5-7-16(10)15-12/h4-9H,14H2,1-3H3/t9-/m1/s1. The van der Waals surface area contributed by atoms with Gasteiger partial charge in [-0.2, -0.15) is 5.10 Å². The quantitative estimate of drug-likeness (QED) is 0.822. The maximum atomic E-state index is 12.2. The largest absolute Gasteiger partial charge is 0.321 e. The van der Waals surface area contributed by atoms with E-state index in [0.29, 0.717) is 5.56 Å². The van der Waals surface area contributed by atoms with E-state index in [-0.39, 0.29) is 11.7 Å². The lowest BCUT2D eigenvalue weighted by atomic mass is 9.98. The average Bonchev–Trinajstić information content (AvgIpc) is 2.67. The molecule has 0 aliphatic carbocycles. The molecule has 2 aromatic heterocycles. The van der Waals surface area contributed by atoms with Gasteiger partial charge in [-0.1, -0.05) is 19.9 Å². The van der Waals surface area contributed by atoms with Crippen LogP contribution in [0, 0.1) is 0 Å². The van der Waals surface area contributed by atoms with Gasteiger partial charge in [-0.3, -0.25) is 4.79 Å². The van der Waals surface area contributed by atoms with Crippen molar-refractivity contribution in [3.05, 3.63) is 35.7 Å². The molecule has 0 aliphatic rings. The number of rotatable bonds is 3. The van der Waals surface area contributed by atoms with Crippen molar-refractivity contribution in [2.75, 3.05) is 0 Å². The smallest absolute Gasteiger partial charge is 0.183 e. The fraction of sp³-hybridized carbons (Fsp3) is 0.385. The van der Waals surface area contributed by atoms with E-state index in [1.54, 1.807) is 11.4 Å². The van der Waals surface area contributed by atoms with Crippen molar-refractivity contribution in [3.8, 4) is 0 Å². The van der Waals surface area contributed by atoms with Gasteiger partial charge >= 0.3 is 0 Å². The molecule has 1 atom stereocenters. The highest BCUT2D eigenvalue weighted by atomic mass is 16.1. The van der Waals surface area contributed by atoms with Crippen LogP contribution in [0.2, 0.25) is 0 Å². The first-order valence-corrected chi connectivity index (χ1v) is 5.79. The molecule has 0 bridgehead atoms. The minimum Gasteiger partial charge on any atom is -0.321 e. The Bertz CT molecular complexity index is 555. The summed E-state index contributed by atoms with van der Waals surface area (Å²) in [5.41, 5.74) is 8.01. The molecule has 90 valence electrons. The van der Waals surface area contributed by atoms with Crippen LogP contribution < -0.4 is 5.73 Å². The number of Topliss-reactive ketones (excluding diaryl/α,β-unsaturated/α-hetero) is 1. The summed E-state index contributed by atoms with van der Waals surface area (Å²) in [6, 6.07) is 5.19. The van der Waals surface area contributed by atoms with Crippen LogP contribution in [0.25, 0.3) is 5.52 Å². The SMILES string of the molecule is CC(C)c1nn2ccccc2c1C(=O)[C@@H](C)N. The van der Waals surface area contributed by atoms with E-state index in [4.69, 9.17) is 5.73 Å². The molecule has 0 fully saturated rings. The lowest BCUT2D eigenvalue weighted by Gasteiger charge is -2.07. The number of fused-ring (bicyclic) bond motifs is 1. The number of ketones is 1. The van der Waals surface area contributed by atoms with Gasteiger partial charge in [0, 0.05) is 6.20 Å². The second-order valence-electron chi connectivity index (χ2n) is 4.60. The Labute approximate surface area is 100 Å². The molecule has 17 heavy (non-hydrogen) atoms. The van der Waals surface area contributed by atoms with Crippen LogP contribution in [0.5, 0.6) is 0 Å². The second kappa shape index (κ2) is 4.30. The van der Waals surface area contributed by atoms with Gasteiger partial charge in [0.15, 0.2) is 5.78 Å². The number of pyridine rings is 1. The highest BCUT2D eigenvalue weighted by Crippen LogP contribution is 2.23. The fourth-order valence-corrected chi connectivity index (χ4v) is 1.90. The molecule has 0 amide bonds. The lowest BCUT2D eigenvalue weighted by Crippen LogP contribution is -2.27. The summed E-state index contributed by atoms with van der Waals surface area (Å²) < 4.78 is 1.74. The van der Waals surface area contributed by atoms with Gasteiger partial charge < -0.3 is 5.73 Å². The van der Waals surface area contributed by atoms with Crippen LogP contribution >= 0.6 is 0 Å².